The Morgan fingerprint density at radius 1 is 1.04 bits per heavy atom. The van der Waals surface area contributed by atoms with Crippen molar-refractivity contribution in [2.24, 2.45) is 5.73 Å². The van der Waals surface area contributed by atoms with Crippen LogP contribution in [0.5, 0.6) is 0 Å². The first-order chi connectivity index (χ1) is 13.0. The number of primary amides is 1. The van der Waals surface area contributed by atoms with Crippen LogP contribution in [-0.2, 0) is 6.54 Å². The topological polar surface area (TPSA) is 48.0 Å². The normalized spacial score (nSPS) is 11.6. The molecule has 4 aromatic rings. The van der Waals surface area contributed by atoms with E-state index in [1.54, 1.807) is 0 Å². The van der Waals surface area contributed by atoms with Crippen molar-refractivity contribution in [1.29, 1.82) is 0 Å². The van der Waals surface area contributed by atoms with Crippen LogP contribution in [0.2, 0.25) is 0 Å². The highest BCUT2D eigenvalue weighted by molar-refractivity contribution is 9.10. The Hall–Kier alpha value is -2.59. The maximum absolute atomic E-state index is 12.1. The molecular weight excluding hydrogens is 400 g/mol. The molecule has 4 heteroatoms. The van der Waals surface area contributed by atoms with E-state index in [0.29, 0.717) is 11.5 Å². The second-order valence-electron chi connectivity index (χ2n) is 7.21. The number of rotatable bonds is 4. The number of hydrogen-bond donors (Lipinski definition) is 1. The van der Waals surface area contributed by atoms with Gasteiger partial charge in [0.05, 0.1) is 5.52 Å². The number of fused-ring (bicyclic) bond motifs is 3. The maximum atomic E-state index is 12.1. The van der Waals surface area contributed by atoms with Crippen molar-refractivity contribution in [3.05, 3.63) is 81.8 Å². The molecule has 0 bridgehead atoms. The molecule has 1 aromatic heterocycles. The largest absolute Gasteiger partial charge is 0.366 e. The number of amides is 1. The lowest BCUT2D eigenvalue weighted by molar-refractivity contribution is 0.100. The summed E-state index contributed by atoms with van der Waals surface area (Å²) in [6, 6.07) is 20.6. The molecule has 136 valence electrons. The SMILES string of the molecule is CC(C)c1ccc2c3c(C(N)=O)cccc3n(Cc3cccc(Br)c3)c2c1. The molecule has 0 spiro atoms. The van der Waals surface area contributed by atoms with Crippen LogP contribution < -0.4 is 5.73 Å². The van der Waals surface area contributed by atoms with Gasteiger partial charge in [0.2, 0.25) is 5.91 Å². The number of aromatic nitrogens is 1. The van der Waals surface area contributed by atoms with Crippen molar-refractivity contribution in [2.75, 3.05) is 0 Å². The number of halogens is 1. The van der Waals surface area contributed by atoms with Crippen LogP contribution in [0.25, 0.3) is 21.8 Å². The van der Waals surface area contributed by atoms with Crippen molar-refractivity contribution in [3.8, 4) is 0 Å². The Kier molecular flexibility index (Phi) is 4.52. The molecule has 0 saturated carbocycles. The van der Waals surface area contributed by atoms with E-state index in [1.807, 2.05) is 24.3 Å². The van der Waals surface area contributed by atoms with Gasteiger partial charge < -0.3 is 10.3 Å². The van der Waals surface area contributed by atoms with Crippen LogP contribution >= 0.6 is 15.9 Å². The lowest BCUT2D eigenvalue weighted by Gasteiger charge is -2.10. The van der Waals surface area contributed by atoms with Crippen LogP contribution in [0.3, 0.4) is 0 Å². The predicted octanol–water partition coefficient (Wildman–Crippen LogP) is 5.83. The van der Waals surface area contributed by atoms with Crippen molar-refractivity contribution >= 4 is 43.6 Å². The van der Waals surface area contributed by atoms with Crippen LogP contribution in [0.15, 0.2) is 65.1 Å². The van der Waals surface area contributed by atoms with Crippen molar-refractivity contribution in [3.63, 3.8) is 0 Å². The van der Waals surface area contributed by atoms with Gasteiger partial charge in [0.25, 0.3) is 0 Å². The van der Waals surface area contributed by atoms with Crippen molar-refractivity contribution < 1.29 is 4.79 Å². The Morgan fingerprint density at radius 2 is 1.81 bits per heavy atom. The summed E-state index contributed by atoms with van der Waals surface area (Å²) in [5, 5.41) is 2.00. The third-order valence-electron chi connectivity index (χ3n) is 5.08. The molecule has 0 saturated heterocycles. The average molecular weight is 421 g/mol. The minimum Gasteiger partial charge on any atom is -0.366 e. The maximum Gasteiger partial charge on any atom is 0.249 e. The third-order valence-corrected chi connectivity index (χ3v) is 5.57. The van der Waals surface area contributed by atoms with Crippen molar-refractivity contribution in [2.45, 2.75) is 26.3 Å². The summed E-state index contributed by atoms with van der Waals surface area (Å²) in [6.45, 7) is 5.11. The molecule has 27 heavy (non-hydrogen) atoms. The van der Waals surface area contributed by atoms with Gasteiger partial charge in [-0.2, -0.15) is 0 Å². The average Bonchev–Trinajstić information content (AvgIpc) is 2.95. The summed E-state index contributed by atoms with van der Waals surface area (Å²) in [5.41, 5.74) is 10.9. The Labute approximate surface area is 166 Å². The van der Waals surface area contributed by atoms with Crippen LogP contribution in [0.4, 0.5) is 0 Å². The first-order valence-electron chi connectivity index (χ1n) is 9.05. The Balaban J connectivity index is 2.05. The van der Waals surface area contributed by atoms with Crippen LogP contribution in [-0.4, -0.2) is 10.5 Å². The summed E-state index contributed by atoms with van der Waals surface area (Å²) in [4.78, 5) is 12.1. The van der Waals surface area contributed by atoms with Crippen LogP contribution in [0, 0.1) is 0 Å². The fourth-order valence-corrected chi connectivity index (χ4v) is 4.16. The molecular formula is C23H21BrN2O. The van der Waals surface area contributed by atoms with E-state index >= 15 is 0 Å². The minimum absolute atomic E-state index is 0.393. The Bertz CT molecular complexity index is 1170. The molecule has 2 N–H and O–H groups in total. The zero-order chi connectivity index (χ0) is 19.1. The van der Waals surface area contributed by atoms with Gasteiger partial charge in [-0.1, -0.05) is 60.1 Å². The molecule has 0 unspecified atom stereocenters. The smallest absolute Gasteiger partial charge is 0.249 e. The molecule has 0 fully saturated rings. The monoisotopic (exact) mass is 420 g/mol. The van der Waals surface area contributed by atoms with E-state index in [1.165, 1.54) is 11.1 Å². The van der Waals surface area contributed by atoms with E-state index < -0.39 is 5.91 Å². The first-order valence-corrected chi connectivity index (χ1v) is 9.84. The van der Waals surface area contributed by atoms with Gasteiger partial charge in [-0.05, 0) is 47.4 Å². The highest BCUT2D eigenvalue weighted by atomic mass is 79.9. The fraction of sp³-hybridized carbons (Fsp3) is 0.174. The van der Waals surface area contributed by atoms with E-state index in [2.05, 4.69) is 70.7 Å². The highest BCUT2D eigenvalue weighted by Crippen LogP contribution is 2.34. The van der Waals surface area contributed by atoms with Gasteiger partial charge in [0, 0.05) is 32.9 Å². The molecule has 0 atom stereocenters. The van der Waals surface area contributed by atoms with Crippen LogP contribution in [0.1, 0.15) is 41.3 Å². The molecule has 1 amide bonds. The second-order valence-corrected chi connectivity index (χ2v) is 8.13. The molecule has 0 aliphatic heterocycles. The summed E-state index contributed by atoms with van der Waals surface area (Å²) in [6.07, 6.45) is 0. The number of nitrogens with two attached hydrogens (primary N) is 1. The summed E-state index contributed by atoms with van der Waals surface area (Å²) >= 11 is 3.56. The molecule has 0 radical (unpaired) electrons. The number of benzene rings is 3. The molecule has 3 nitrogen and oxygen atoms in total. The lowest BCUT2D eigenvalue weighted by Crippen LogP contribution is -2.11. The zero-order valence-electron chi connectivity index (χ0n) is 15.4. The molecule has 1 heterocycles. The number of carbonyl (C=O) groups excluding carboxylic acids is 1. The highest BCUT2D eigenvalue weighted by Gasteiger charge is 2.17. The molecule has 0 aliphatic rings. The van der Waals surface area contributed by atoms with Gasteiger partial charge >= 0.3 is 0 Å². The predicted molar refractivity (Wildman–Crippen MR) is 115 cm³/mol. The number of hydrogen-bond acceptors (Lipinski definition) is 1. The molecule has 3 aromatic carbocycles. The quantitative estimate of drug-likeness (QED) is 0.443. The zero-order valence-corrected chi connectivity index (χ0v) is 17.0. The van der Waals surface area contributed by atoms with Gasteiger partial charge in [0.1, 0.15) is 0 Å². The van der Waals surface area contributed by atoms with E-state index in [0.717, 1.165) is 32.8 Å². The summed E-state index contributed by atoms with van der Waals surface area (Å²) in [7, 11) is 0. The van der Waals surface area contributed by atoms with Gasteiger partial charge in [-0.3, -0.25) is 4.79 Å². The number of nitrogens with zero attached hydrogens (tertiary/aromatic N) is 1. The lowest BCUT2D eigenvalue weighted by atomic mass is 10.00. The third kappa shape index (κ3) is 3.15. The first kappa shape index (κ1) is 17.8. The fourth-order valence-electron chi connectivity index (χ4n) is 3.71. The van der Waals surface area contributed by atoms with Gasteiger partial charge in [-0.15, -0.1) is 0 Å². The summed E-state index contributed by atoms with van der Waals surface area (Å²) < 4.78 is 3.34. The van der Waals surface area contributed by atoms with E-state index in [9.17, 15) is 4.79 Å². The van der Waals surface area contributed by atoms with E-state index in [-0.39, 0.29) is 0 Å². The molecule has 0 aliphatic carbocycles. The summed E-state index contributed by atoms with van der Waals surface area (Å²) in [5.74, 6) is 0.0392. The van der Waals surface area contributed by atoms with Gasteiger partial charge in [-0.25, -0.2) is 0 Å². The van der Waals surface area contributed by atoms with Crippen molar-refractivity contribution in [1.82, 2.24) is 4.57 Å². The standard InChI is InChI=1S/C23H21BrN2O/c1-14(2)16-9-10-18-21(12-16)26(13-15-5-3-6-17(24)11-15)20-8-4-7-19(22(18)20)23(25)27/h3-12,14H,13H2,1-2H3,(H2,25,27). The minimum atomic E-state index is -0.393. The van der Waals surface area contributed by atoms with Gasteiger partial charge in [0.15, 0.2) is 0 Å². The Morgan fingerprint density at radius 3 is 2.52 bits per heavy atom. The second kappa shape index (κ2) is 6.86. The molecule has 4 rings (SSSR count). The number of carbonyl (C=O) groups is 1. The van der Waals surface area contributed by atoms with E-state index in [4.69, 9.17) is 5.73 Å².